The van der Waals surface area contributed by atoms with E-state index >= 15 is 0 Å². The predicted molar refractivity (Wildman–Crippen MR) is 60.1 cm³/mol. The van der Waals surface area contributed by atoms with E-state index in [2.05, 4.69) is 0 Å². The first-order chi connectivity index (χ1) is 7.05. The molecule has 0 atom stereocenters. The van der Waals surface area contributed by atoms with Crippen LogP contribution < -0.4 is 4.35 Å². The number of hydrogen-bond donors (Lipinski definition) is 0. The molecule has 0 aliphatic rings. The minimum atomic E-state index is -3.24. The Balaban J connectivity index is 3.36. The van der Waals surface area contributed by atoms with Crippen molar-refractivity contribution < 1.29 is 8.66 Å². The second-order valence-electron chi connectivity index (χ2n) is 3.27. The van der Waals surface area contributed by atoms with Gasteiger partial charge < -0.3 is 0 Å². The van der Waals surface area contributed by atoms with Crippen molar-refractivity contribution in [1.29, 1.82) is 0 Å². The second kappa shape index (κ2) is 4.67. The van der Waals surface area contributed by atoms with Crippen LogP contribution in [0.2, 0.25) is 10.4 Å². The summed E-state index contributed by atoms with van der Waals surface area (Å²) >= 11 is -3.24. The molecular weight excluding hydrogens is 257 g/mol. The van der Waals surface area contributed by atoms with Crippen LogP contribution in [0.1, 0.15) is 13.8 Å². The third kappa shape index (κ3) is 2.32. The molecule has 0 spiro atoms. The standard InChI is InChI=1S/C10H14AsNO3/c1-3-11(13,4-2)9-7-5-6-8-10(9)12(14)15/h5-8H,3-4H2,1-2H3. The Morgan fingerprint density at radius 2 is 1.80 bits per heavy atom. The summed E-state index contributed by atoms with van der Waals surface area (Å²) in [5.41, 5.74) is 0.00343. The van der Waals surface area contributed by atoms with Gasteiger partial charge in [-0.25, -0.2) is 0 Å². The van der Waals surface area contributed by atoms with Crippen molar-refractivity contribution in [3.8, 4) is 0 Å². The van der Waals surface area contributed by atoms with Gasteiger partial charge in [-0.3, -0.25) is 0 Å². The SMILES string of the molecule is CC[As](=O)(CC)c1ccccc1[N+](=O)[O-]. The summed E-state index contributed by atoms with van der Waals surface area (Å²) in [6.45, 7) is 3.67. The zero-order valence-corrected chi connectivity index (χ0v) is 10.7. The molecule has 1 aromatic rings. The van der Waals surface area contributed by atoms with Gasteiger partial charge in [0.1, 0.15) is 0 Å². The monoisotopic (exact) mass is 271 g/mol. The molecule has 0 unspecified atom stereocenters. The first kappa shape index (κ1) is 12.0. The number of nitrogens with zero attached hydrogens (tertiary/aromatic N) is 1. The first-order valence-corrected chi connectivity index (χ1v) is 9.23. The van der Waals surface area contributed by atoms with Crippen molar-refractivity contribution in [2.75, 3.05) is 0 Å². The van der Waals surface area contributed by atoms with Crippen LogP contribution in [0.25, 0.3) is 0 Å². The average Bonchev–Trinajstić information content (AvgIpc) is 2.28. The number of hydrogen-bond acceptors (Lipinski definition) is 3. The van der Waals surface area contributed by atoms with Crippen molar-refractivity contribution in [3.63, 3.8) is 0 Å². The van der Waals surface area contributed by atoms with Crippen molar-refractivity contribution in [1.82, 2.24) is 0 Å². The Morgan fingerprint density at radius 3 is 2.27 bits per heavy atom. The Bertz CT molecular complexity index is 409. The molecule has 1 aromatic carbocycles. The summed E-state index contributed by atoms with van der Waals surface area (Å²) in [5.74, 6) is 0. The van der Waals surface area contributed by atoms with Gasteiger partial charge in [-0.05, 0) is 0 Å². The fourth-order valence-corrected chi connectivity index (χ4v) is 5.85. The molecule has 0 fully saturated rings. The fourth-order valence-electron chi connectivity index (χ4n) is 1.53. The van der Waals surface area contributed by atoms with Crippen LogP contribution in [0.3, 0.4) is 0 Å². The van der Waals surface area contributed by atoms with Gasteiger partial charge >= 0.3 is 90.8 Å². The summed E-state index contributed by atoms with van der Waals surface area (Å²) in [7, 11) is 0. The molecule has 1 rings (SSSR count). The Hall–Kier alpha value is -1.02. The van der Waals surface area contributed by atoms with Crippen LogP contribution >= 0.6 is 0 Å². The molecule has 82 valence electrons. The van der Waals surface area contributed by atoms with Crippen LogP contribution in [-0.2, 0) is 3.74 Å². The summed E-state index contributed by atoms with van der Waals surface area (Å²) in [5, 5.41) is 11.8. The summed E-state index contributed by atoms with van der Waals surface area (Å²) in [4.78, 5) is 10.3. The van der Waals surface area contributed by atoms with Crippen LogP contribution in [0.15, 0.2) is 24.3 Å². The van der Waals surface area contributed by atoms with Gasteiger partial charge in [-0.15, -0.1) is 0 Å². The quantitative estimate of drug-likeness (QED) is 0.479. The van der Waals surface area contributed by atoms with Crippen LogP contribution in [0.4, 0.5) is 5.69 Å². The molecule has 0 bridgehead atoms. The molecule has 0 radical (unpaired) electrons. The van der Waals surface area contributed by atoms with Crippen LogP contribution in [0.5, 0.6) is 0 Å². The van der Waals surface area contributed by atoms with Gasteiger partial charge in [0.05, 0.1) is 0 Å². The van der Waals surface area contributed by atoms with Gasteiger partial charge in [0, 0.05) is 0 Å². The van der Waals surface area contributed by atoms with E-state index in [9.17, 15) is 13.9 Å². The van der Waals surface area contributed by atoms with Crippen molar-refractivity contribution in [2.45, 2.75) is 24.3 Å². The topological polar surface area (TPSA) is 60.2 Å². The van der Waals surface area contributed by atoms with E-state index in [-0.39, 0.29) is 5.69 Å². The predicted octanol–water partition coefficient (Wildman–Crippen LogP) is 2.22. The number of nitro benzene ring substituents is 1. The molecule has 4 nitrogen and oxygen atoms in total. The van der Waals surface area contributed by atoms with Gasteiger partial charge in [0.2, 0.25) is 0 Å². The third-order valence-electron chi connectivity index (χ3n) is 2.54. The van der Waals surface area contributed by atoms with E-state index < -0.39 is 18.4 Å². The Kier molecular flexibility index (Phi) is 3.75. The number of para-hydroxylation sites is 1. The molecule has 0 aliphatic heterocycles. The zero-order chi connectivity index (χ0) is 11.5. The van der Waals surface area contributed by atoms with Gasteiger partial charge in [-0.2, -0.15) is 0 Å². The molecule has 0 amide bonds. The minimum absolute atomic E-state index is 0.00343. The molecule has 0 heterocycles. The molecule has 0 saturated heterocycles. The number of benzene rings is 1. The van der Waals surface area contributed by atoms with Gasteiger partial charge in [0.15, 0.2) is 0 Å². The first-order valence-electron chi connectivity index (χ1n) is 4.87. The van der Waals surface area contributed by atoms with Gasteiger partial charge in [-0.1, -0.05) is 0 Å². The maximum atomic E-state index is 12.4. The van der Waals surface area contributed by atoms with Crippen LogP contribution in [0, 0.1) is 10.1 Å². The van der Waals surface area contributed by atoms with Crippen molar-refractivity contribution >= 4 is 23.5 Å². The molecule has 15 heavy (non-hydrogen) atoms. The summed E-state index contributed by atoms with van der Waals surface area (Å²) < 4.78 is 12.9. The normalized spacial score (nSPS) is 11.3. The molecule has 0 aliphatic carbocycles. The van der Waals surface area contributed by atoms with Crippen molar-refractivity contribution in [3.05, 3.63) is 34.4 Å². The van der Waals surface area contributed by atoms with E-state index in [4.69, 9.17) is 0 Å². The van der Waals surface area contributed by atoms with E-state index in [1.807, 2.05) is 13.8 Å². The second-order valence-corrected chi connectivity index (χ2v) is 10.7. The molecule has 0 N–H and O–H groups in total. The zero-order valence-electron chi connectivity index (χ0n) is 8.84. The Labute approximate surface area is 91.1 Å². The maximum absolute atomic E-state index is 12.4. The third-order valence-corrected chi connectivity index (χ3v) is 9.46. The Morgan fingerprint density at radius 1 is 1.27 bits per heavy atom. The van der Waals surface area contributed by atoms with E-state index in [0.717, 1.165) is 0 Å². The van der Waals surface area contributed by atoms with Crippen molar-refractivity contribution in [2.24, 2.45) is 0 Å². The molecular formula is C10H14AsNO3. The van der Waals surface area contributed by atoms with E-state index in [1.54, 1.807) is 18.2 Å². The number of nitro groups is 1. The van der Waals surface area contributed by atoms with Crippen LogP contribution in [-0.4, -0.2) is 18.4 Å². The molecule has 5 heteroatoms. The van der Waals surface area contributed by atoms with Gasteiger partial charge in [0.25, 0.3) is 0 Å². The summed E-state index contributed by atoms with van der Waals surface area (Å²) in [6, 6.07) is 6.37. The molecule has 0 aromatic heterocycles. The number of rotatable bonds is 4. The average molecular weight is 271 g/mol. The fraction of sp³-hybridized carbons (Fsp3) is 0.400. The van der Waals surface area contributed by atoms with E-state index in [0.29, 0.717) is 14.8 Å². The molecule has 0 saturated carbocycles. The van der Waals surface area contributed by atoms with E-state index in [1.165, 1.54) is 6.07 Å². The summed E-state index contributed by atoms with van der Waals surface area (Å²) in [6.07, 6.45) is 0.